The van der Waals surface area contributed by atoms with Gasteiger partial charge in [0.05, 0.1) is 0 Å². The summed E-state index contributed by atoms with van der Waals surface area (Å²) in [5, 5.41) is 0. The minimum atomic E-state index is 1.16. The summed E-state index contributed by atoms with van der Waals surface area (Å²) in [4.78, 5) is 8.61. The van der Waals surface area contributed by atoms with Crippen LogP contribution in [0.2, 0.25) is 0 Å². The van der Waals surface area contributed by atoms with Crippen LogP contribution in [0.15, 0.2) is 36.4 Å². The van der Waals surface area contributed by atoms with Gasteiger partial charge in [-0.15, -0.1) is 34.0 Å². The quantitative estimate of drug-likeness (QED) is 0.559. The Hall–Kier alpha value is -0.900. The molecular weight excluding hydrogens is 288 g/mol. The second-order valence-corrected chi connectivity index (χ2v) is 8.52. The summed E-state index contributed by atoms with van der Waals surface area (Å²) in [6, 6.07) is 13.5. The maximum atomic E-state index is 2.29. The third kappa shape index (κ3) is 3.16. The van der Waals surface area contributed by atoms with Crippen molar-refractivity contribution in [3.8, 4) is 9.75 Å². The highest BCUT2D eigenvalue weighted by Crippen LogP contribution is 2.33. The fourth-order valence-electron chi connectivity index (χ4n) is 2.08. The van der Waals surface area contributed by atoms with E-state index in [2.05, 4.69) is 50.2 Å². The Bertz CT molecular complexity index is 670. The second kappa shape index (κ2) is 5.61. The number of rotatable bonds is 4. The Morgan fingerprint density at radius 1 is 0.632 bits per heavy atom. The molecule has 0 aliphatic carbocycles. The van der Waals surface area contributed by atoms with Crippen molar-refractivity contribution in [3.63, 3.8) is 0 Å². The van der Waals surface area contributed by atoms with Crippen molar-refractivity contribution in [2.45, 2.75) is 26.7 Å². The van der Waals surface area contributed by atoms with E-state index in [1.54, 1.807) is 0 Å². The van der Waals surface area contributed by atoms with Crippen LogP contribution in [0, 0.1) is 13.8 Å². The first-order valence-corrected chi connectivity index (χ1v) is 8.86. The molecule has 0 saturated heterocycles. The molecule has 3 rings (SSSR count). The minimum Gasteiger partial charge on any atom is -0.146 e. The Kier molecular flexibility index (Phi) is 3.87. The van der Waals surface area contributed by atoms with E-state index in [1.165, 1.54) is 35.7 Å². The summed E-state index contributed by atoms with van der Waals surface area (Å²) in [7, 11) is 0. The van der Waals surface area contributed by atoms with Crippen LogP contribution in [0.4, 0.5) is 0 Å². The van der Waals surface area contributed by atoms with Gasteiger partial charge < -0.3 is 0 Å². The number of thiophene rings is 3. The van der Waals surface area contributed by atoms with Gasteiger partial charge in [-0.05, 0) is 63.1 Å². The maximum Gasteiger partial charge on any atom is 0.0445 e. The van der Waals surface area contributed by atoms with E-state index in [9.17, 15) is 0 Å². The molecule has 3 aromatic rings. The van der Waals surface area contributed by atoms with Crippen molar-refractivity contribution in [2.24, 2.45) is 0 Å². The molecule has 19 heavy (non-hydrogen) atoms. The lowest BCUT2D eigenvalue weighted by Gasteiger charge is -1.95. The van der Waals surface area contributed by atoms with Crippen LogP contribution in [0.3, 0.4) is 0 Å². The molecule has 0 N–H and O–H groups in total. The molecule has 0 spiro atoms. The van der Waals surface area contributed by atoms with Crippen LogP contribution in [-0.4, -0.2) is 0 Å². The molecule has 0 aromatic carbocycles. The fourth-order valence-corrected chi connectivity index (χ4v) is 4.93. The SMILES string of the molecule is Cc1ccc(CCc2ccc(-c3ccc(C)s3)s2)s1. The van der Waals surface area contributed by atoms with Crippen molar-refractivity contribution in [2.75, 3.05) is 0 Å². The molecule has 0 fully saturated rings. The molecule has 0 nitrogen and oxygen atoms in total. The third-order valence-electron chi connectivity index (χ3n) is 3.06. The van der Waals surface area contributed by atoms with E-state index < -0.39 is 0 Å². The van der Waals surface area contributed by atoms with E-state index in [-0.39, 0.29) is 0 Å². The van der Waals surface area contributed by atoms with E-state index in [1.807, 2.05) is 34.0 Å². The molecule has 0 atom stereocenters. The first kappa shape index (κ1) is 13.1. The zero-order valence-electron chi connectivity index (χ0n) is 11.1. The zero-order chi connectivity index (χ0) is 13.2. The van der Waals surface area contributed by atoms with Crippen molar-refractivity contribution in [1.29, 1.82) is 0 Å². The lowest BCUT2D eigenvalue weighted by atomic mass is 10.2. The lowest BCUT2D eigenvalue weighted by molar-refractivity contribution is 1.00. The smallest absolute Gasteiger partial charge is 0.0445 e. The second-order valence-electron chi connectivity index (χ2n) is 4.69. The summed E-state index contributed by atoms with van der Waals surface area (Å²) in [6.07, 6.45) is 2.33. The standard InChI is InChI=1S/C16H16S3/c1-11-3-5-13(17-11)6-7-14-8-10-16(19-14)15-9-4-12(2)18-15/h3-5,8-10H,6-7H2,1-2H3. The average Bonchev–Trinajstić information content (AvgIpc) is 3.07. The molecule has 98 valence electrons. The van der Waals surface area contributed by atoms with Gasteiger partial charge in [-0.2, -0.15) is 0 Å². The molecule has 0 radical (unpaired) electrons. The highest BCUT2D eigenvalue weighted by Gasteiger charge is 2.06. The molecule has 0 saturated carbocycles. The lowest BCUT2D eigenvalue weighted by Crippen LogP contribution is -1.83. The number of hydrogen-bond acceptors (Lipinski definition) is 3. The van der Waals surface area contributed by atoms with Gasteiger partial charge in [-0.3, -0.25) is 0 Å². The van der Waals surface area contributed by atoms with Gasteiger partial charge in [-0.25, -0.2) is 0 Å². The predicted molar refractivity (Wildman–Crippen MR) is 88.8 cm³/mol. The van der Waals surface area contributed by atoms with E-state index in [4.69, 9.17) is 0 Å². The van der Waals surface area contributed by atoms with Crippen LogP contribution < -0.4 is 0 Å². The number of hydrogen-bond donors (Lipinski definition) is 0. The zero-order valence-corrected chi connectivity index (χ0v) is 13.6. The van der Waals surface area contributed by atoms with Crippen LogP contribution in [0.25, 0.3) is 9.75 Å². The van der Waals surface area contributed by atoms with E-state index in [0.717, 1.165) is 6.42 Å². The first-order valence-electron chi connectivity index (χ1n) is 6.41. The fraction of sp³-hybridized carbons (Fsp3) is 0.250. The van der Waals surface area contributed by atoms with Crippen LogP contribution in [-0.2, 0) is 12.8 Å². The highest BCUT2D eigenvalue weighted by atomic mass is 32.1. The summed E-state index contributed by atoms with van der Waals surface area (Å²) in [6.45, 7) is 4.35. The van der Waals surface area contributed by atoms with Crippen LogP contribution >= 0.6 is 34.0 Å². The van der Waals surface area contributed by atoms with Gasteiger partial charge in [-0.1, -0.05) is 0 Å². The molecule has 0 unspecified atom stereocenters. The minimum absolute atomic E-state index is 1.16. The Morgan fingerprint density at radius 2 is 1.16 bits per heavy atom. The molecule has 3 aromatic heterocycles. The Labute approximate surface area is 126 Å². The monoisotopic (exact) mass is 304 g/mol. The Morgan fingerprint density at radius 3 is 1.79 bits per heavy atom. The van der Waals surface area contributed by atoms with Crippen molar-refractivity contribution < 1.29 is 0 Å². The molecule has 3 heterocycles. The van der Waals surface area contributed by atoms with Gasteiger partial charge in [0.15, 0.2) is 0 Å². The third-order valence-corrected chi connectivity index (χ3v) is 6.46. The van der Waals surface area contributed by atoms with Gasteiger partial charge in [0.2, 0.25) is 0 Å². The first-order chi connectivity index (χ1) is 9.20. The maximum absolute atomic E-state index is 2.29. The normalized spacial score (nSPS) is 11.1. The molecule has 0 amide bonds. The molecule has 0 bridgehead atoms. The van der Waals surface area contributed by atoms with Gasteiger partial charge in [0.1, 0.15) is 0 Å². The van der Waals surface area contributed by atoms with Crippen molar-refractivity contribution in [1.82, 2.24) is 0 Å². The summed E-state index contributed by atoms with van der Waals surface area (Å²) >= 11 is 5.75. The molecule has 3 heteroatoms. The largest absolute Gasteiger partial charge is 0.146 e. The number of aryl methyl sites for hydroxylation is 4. The molecular formula is C16H16S3. The van der Waals surface area contributed by atoms with E-state index in [0.29, 0.717) is 0 Å². The van der Waals surface area contributed by atoms with Crippen LogP contribution in [0.5, 0.6) is 0 Å². The van der Waals surface area contributed by atoms with Crippen molar-refractivity contribution >= 4 is 34.0 Å². The summed E-state index contributed by atoms with van der Waals surface area (Å²) in [5.41, 5.74) is 0. The van der Waals surface area contributed by atoms with Gasteiger partial charge >= 0.3 is 0 Å². The summed E-state index contributed by atoms with van der Waals surface area (Å²) in [5.74, 6) is 0. The van der Waals surface area contributed by atoms with Crippen LogP contribution in [0.1, 0.15) is 19.5 Å². The average molecular weight is 305 g/mol. The van der Waals surface area contributed by atoms with Crippen molar-refractivity contribution in [3.05, 3.63) is 55.9 Å². The molecule has 0 aliphatic heterocycles. The Balaban J connectivity index is 1.68. The topological polar surface area (TPSA) is 0 Å². The highest BCUT2D eigenvalue weighted by molar-refractivity contribution is 7.22. The summed E-state index contributed by atoms with van der Waals surface area (Å²) < 4.78 is 0. The molecule has 0 aliphatic rings. The predicted octanol–water partition coefficient (Wildman–Crippen LogP) is 5.94. The van der Waals surface area contributed by atoms with Gasteiger partial charge in [0.25, 0.3) is 0 Å². The van der Waals surface area contributed by atoms with E-state index >= 15 is 0 Å². The van der Waals surface area contributed by atoms with Gasteiger partial charge in [0, 0.05) is 29.3 Å².